The van der Waals surface area contributed by atoms with Gasteiger partial charge in [0.05, 0.1) is 13.1 Å². The maximum absolute atomic E-state index is 13.8. The molecule has 0 N–H and O–H groups in total. The van der Waals surface area contributed by atoms with Crippen molar-refractivity contribution in [2.24, 2.45) is 0 Å². The van der Waals surface area contributed by atoms with Crippen molar-refractivity contribution in [3.8, 4) is 5.75 Å². The van der Waals surface area contributed by atoms with Crippen molar-refractivity contribution < 1.29 is 4.74 Å². The van der Waals surface area contributed by atoms with Crippen LogP contribution in [0.5, 0.6) is 5.75 Å². The highest BCUT2D eigenvalue weighted by Crippen LogP contribution is 2.36. The van der Waals surface area contributed by atoms with Gasteiger partial charge in [-0.3, -0.25) is 4.90 Å². The van der Waals surface area contributed by atoms with E-state index in [9.17, 15) is 5.21 Å². The number of quaternary nitrogens is 1. The fraction of sp³-hybridized carbons (Fsp3) is 0.760. The van der Waals surface area contributed by atoms with E-state index in [4.69, 9.17) is 4.74 Å². The molecule has 0 bridgehead atoms. The molecule has 4 aliphatic rings. The molecule has 1 aromatic rings. The molecule has 0 amide bonds. The van der Waals surface area contributed by atoms with Crippen LogP contribution in [-0.4, -0.2) is 67.3 Å². The topological polar surface area (TPSA) is 38.8 Å². The van der Waals surface area contributed by atoms with Crippen molar-refractivity contribution in [2.45, 2.75) is 82.4 Å². The summed E-state index contributed by atoms with van der Waals surface area (Å²) in [6, 6.07) is 9.07. The highest BCUT2D eigenvalue weighted by molar-refractivity contribution is 5.48. The maximum atomic E-state index is 13.8. The Labute approximate surface area is 182 Å². The molecule has 5 rings (SSSR count). The van der Waals surface area contributed by atoms with E-state index >= 15 is 0 Å². The molecule has 1 unspecified atom stereocenters. The molecule has 1 saturated carbocycles. The molecular weight excluding hydrogens is 374 g/mol. The zero-order valence-electron chi connectivity index (χ0n) is 18.5. The van der Waals surface area contributed by atoms with Gasteiger partial charge >= 0.3 is 0 Å². The zero-order valence-corrected chi connectivity index (χ0v) is 18.5. The normalized spacial score (nSPS) is 35.8. The predicted molar refractivity (Wildman–Crippen MR) is 123 cm³/mol. The number of rotatable bonds is 6. The molecule has 30 heavy (non-hydrogen) atoms. The minimum Gasteiger partial charge on any atom is -0.627 e. The molecular formula is C25H39N3O2. The second kappa shape index (κ2) is 9.15. The Hall–Kier alpha value is -1.14. The molecule has 0 spiro atoms. The van der Waals surface area contributed by atoms with E-state index in [1.807, 2.05) is 24.3 Å². The fourth-order valence-corrected chi connectivity index (χ4v) is 6.14. The largest absolute Gasteiger partial charge is 0.627 e. The van der Waals surface area contributed by atoms with Crippen LogP contribution in [0.15, 0.2) is 24.3 Å². The van der Waals surface area contributed by atoms with Gasteiger partial charge in [-0.2, -0.15) is 0 Å². The Morgan fingerprint density at radius 2 is 1.53 bits per heavy atom. The zero-order chi connectivity index (χ0) is 20.4. The number of nitrogens with zero attached hydrogens (tertiary/aromatic N) is 3. The van der Waals surface area contributed by atoms with Crippen LogP contribution in [-0.2, 0) is 0 Å². The van der Waals surface area contributed by atoms with Crippen molar-refractivity contribution in [3.05, 3.63) is 29.5 Å². The standard InChI is InChI=1S/C25H39N3O2/c29-28(17-7-8-23(28)20-26-13-3-1-4-14-26)22-9-11-24(12-10-22)30-25-18-21(19-25)27-15-5-2-6-16-27/h9-12,21,23,25H,1-8,13-20H2/t21?,23-,25?,28?/m0/s1. The average molecular weight is 414 g/mol. The summed E-state index contributed by atoms with van der Waals surface area (Å²) in [5.74, 6) is 0.930. The summed E-state index contributed by atoms with van der Waals surface area (Å²) < 4.78 is 6.08. The smallest absolute Gasteiger partial charge is 0.133 e. The molecule has 5 heteroatoms. The first-order valence-corrected chi connectivity index (χ1v) is 12.5. The van der Waals surface area contributed by atoms with Crippen LogP contribution in [0.25, 0.3) is 0 Å². The summed E-state index contributed by atoms with van der Waals surface area (Å²) in [4.78, 5) is 5.19. The molecule has 166 valence electrons. The van der Waals surface area contributed by atoms with Gasteiger partial charge in [-0.15, -0.1) is 0 Å². The minimum atomic E-state index is -0.142. The van der Waals surface area contributed by atoms with E-state index in [0.717, 1.165) is 56.3 Å². The van der Waals surface area contributed by atoms with Gasteiger partial charge in [0.25, 0.3) is 0 Å². The quantitative estimate of drug-likeness (QED) is 0.507. The Morgan fingerprint density at radius 3 is 2.23 bits per heavy atom. The maximum Gasteiger partial charge on any atom is 0.133 e. The van der Waals surface area contributed by atoms with Crippen molar-refractivity contribution in [1.29, 1.82) is 0 Å². The third kappa shape index (κ3) is 4.40. The van der Waals surface area contributed by atoms with E-state index < -0.39 is 0 Å². The summed E-state index contributed by atoms with van der Waals surface area (Å²) >= 11 is 0. The van der Waals surface area contributed by atoms with Crippen LogP contribution in [0, 0.1) is 5.21 Å². The van der Waals surface area contributed by atoms with Crippen LogP contribution < -0.4 is 9.38 Å². The highest BCUT2D eigenvalue weighted by atomic mass is 16.5. The van der Waals surface area contributed by atoms with E-state index in [0.29, 0.717) is 6.10 Å². The Balaban J connectivity index is 1.15. The van der Waals surface area contributed by atoms with Gasteiger partial charge in [0.2, 0.25) is 0 Å². The first-order chi connectivity index (χ1) is 14.7. The third-order valence-electron chi connectivity index (χ3n) is 8.09. The number of hydrogen-bond acceptors (Lipinski definition) is 4. The predicted octanol–water partition coefficient (Wildman–Crippen LogP) is 4.54. The van der Waals surface area contributed by atoms with Crippen LogP contribution in [0.2, 0.25) is 0 Å². The molecule has 3 aliphatic heterocycles. The SMILES string of the molecule is [O-][N+]1(c2ccc(OC3CC(N4CCCCC4)C3)cc2)CCC[C@H]1CN1CCCCC1. The molecule has 3 saturated heterocycles. The highest BCUT2D eigenvalue weighted by Gasteiger charge is 2.38. The molecule has 0 radical (unpaired) electrons. The molecule has 0 aromatic heterocycles. The summed E-state index contributed by atoms with van der Waals surface area (Å²) in [6.07, 6.45) is 12.8. The Morgan fingerprint density at radius 1 is 0.867 bits per heavy atom. The summed E-state index contributed by atoms with van der Waals surface area (Å²) in [7, 11) is 0. The first-order valence-electron chi connectivity index (χ1n) is 12.5. The lowest BCUT2D eigenvalue weighted by Crippen LogP contribution is -2.53. The third-order valence-corrected chi connectivity index (χ3v) is 8.09. The average Bonchev–Trinajstić information content (AvgIpc) is 3.13. The molecule has 1 aliphatic carbocycles. The monoisotopic (exact) mass is 413 g/mol. The number of benzene rings is 1. The van der Waals surface area contributed by atoms with Crippen molar-refractivity contribution >= 4 is 5.69 Å². The van der Waals surface area contributed by atoms with Crippen LogP contribution in [0.3, 0.4) is 0 Å². The second-order valence-corrected chi connectivity index (χ2v) is 10.1. The molecule has 3 heterocycles. The van der Waals surface area contributed by atoms with E-state index in [2.05, 4.69) is 9.80 Å². The minimum absolute atomic E-state index is 0.142. The summed E-state index contributed by atoms with van der Waals surface area (Å²) in [5.41, 5.74) is 0.918. The van der Waals surface area contributed by atoms with Gasteiger partial charge in [0.15, 0.2) is 0 Å². The van der Waals surface area contributed by atoms with E-state index in [1.165, 1.54) is 64.7 Å². The van der Waals surface area contributed by atoms with Gasteiger partial charge in [0, 0.05) is 43.9 Å². The number of likely N-dealkylation sites (tertiary alicyclic amines) is 2. The van der Waals surface area contributed by atoms with Crippen LogP contribution in [0.1, 0.15) is 64.2 Å². The Kier molecular flexibility index (Phi) is 6.33. The van der Waals surface area contributed by atoms with Crippen LogP contribution in [0.4, 0.5) is 5.69 Å². The molecule has 1 aromatic carbocycles. The van der Waals surface area contributed by atoms with Crippen molar-refractivity contribution in [1.82, 2.24) is 14.4 Å². The van der Waals surface area contributed by atoms with Crippen molar-refractivity contribution in [2.75, 3.05) is 39.3 Å². The van der Waals surface area contributed by atoms with Gasteiger partial charge in [-0.25, -0.2) is 0 Å². The van der Waals surface area contributed by atoms with Crippen molar-refractivity contribution in [3.63, 3.8) is 0 Å². The van der Waals surface area contributed by atoms with Gasteiger partial charge in [0.1, 0.15) is 23.6 Å². The molecule has 2 atom stereocenters. The van der Waals surface area contributed by atoms with E-state index in [1.54, 1.807) is 0 Å². The summed E-state index contributed by atoms with van der Waals surface area (Å²) in [6.45, 7) is 6.56. The van der Waals surface area contributed by atoms with Crippen LogP contribution >= 0.6 is 0 Å². The molecule has 4 fully saturated rings. The first kappa shape index (κ1) is 20.7. The lowest BCUT2D eigenvalue weighted by atomic mass is 9.86. The number of piperidine rings is 2. The lowest BCUT2D eigenvalue weighted by Gasteiger charge is -2.46. The van der Waals surface area contributed by atoms with Gasteiger partial charge < -0.3 is 19.5 Å². The lowest BCUT2D eigenvalue weighted by molar-refractivity contribution is 0.00891. The second-order valence-electron chi connectivity index (χ2n) is 10.1. The van der Waals surface area contributed by atoms with Gasteiger partial charge in [-0.05, 0) is 64.0 Å². The fourth-order valence-electron chi connectivity index (χ4n) is 6.14. The summed E-state index contributed by atoms with van der Waals surface area (Å²) in [5, 5.41) is 13.8. The number of ether oxygens (including phenoxy) is 1. The number of hydrogen-bond donors (Lipinski definition) is 0. The van der Waals surface area contributed by atoms with E-state index in [-0.39, 0.29) is 10.7 Å². The molecule has 5 nitrogen and oxygen atoms in total. The number of hydroxylamine groups is 2. The van der Waals surface area contributed by atoms with Gasteiger partial charge in [-0.1, -0.05) is 12.8 Å². The Bertz CT molecular complexity index is 678.